The molecule has 456 valence electrons. The molecule has 15 atom stereocenters. The predicted molar refractivity (Wildman–Crippen MR) is 324 cm³/mol. The number of ether oxygens (including phenoxy) is 11. The van der Waals surface area contributed by atoms with Gasteiger partial charge in [0.1, 0.15) is 42.7 Å². The lowest BCUT2D eigenvalue weighted by Crippen LogP contribution is -2.66. The third-order valence-corrected chi connectivity index (χ3v) is 15.5. The van der Waals surface area contributed by atoms with Gasteiger partial charge in [0.15, 0.2) is 12.6 Å². The number of benzene rings is 7. The molecule has 21 nitrogen and oxygen atoms in total. The Bertz CT molecular complexity index is 3310. The Morgan fingerprint density at radius 2 is 0.659 bits per heavy atom. The molecule has 0 aromatic heterocycles. The third kappa shape index (κ3) is 17.4. The minimum atomic E-state index is -1.42. The number of nitrogens with zero attached hydrogens (tertiary/aromatic N) is 9. The van der Waals surface area contributed by atoms with Gasteiger partial charge >= 0.3 is 0 Å². The minimum Gasteiger partial charge on any atom is -0.394 e. The molecule has 2 saturated heterocycles. The maximum absolute atomic E-state index is 11.4. The van der Waals surface area contributed by atoms with Gasteiger partial charge in [-0.3, -0.25) is 0 Å². The van der Waals surface area contributed by atoms with Gasteiger partial charge in [0, 0.05) is 14.7 Å². The van der Waals surface area contributed by atoms with Crippen molar-refractivity contribution in [3.05, 3.63) is 283 Å². The zero-order chi connectivity index (χ0) is 60.5. The lowest BCUT2D eigenvalue weighted by molar-refractivity contribution is -0.354. The van der Waals surface area contributed by atoms with Crippen molar-refractivity contribution in [2.75, 3.05) is 13.2 Å². The van der Waals surface area contributed by atoms with Gasteiger partial charge in [-0.25, -0.2) is 0 Å². The summed E-state index contributed by atoms with van der Waals surface area (Å²) >= 11 is 0. The van der Waals surface area contributed by atoms with Gasteiger partial charge in [-0.2, -0.15) is 0 Å². The molecule has 3 fully saturated rings. The van der Waals surface area contributed by atoms with Gasteiger partial charge in [0.2, 0.25) is 0 Å². The van der Waals surface area contributed by atoms with E-state index < -0.39 is 98.4 Å². The van der Waals surface area contributed by atoms with Gasteiger partial charge < -0.3 is 57.2 Å². The molecule has 0 unspecified atom stereocenters. The van der Waals surface area contributed by atoms with Crippen LogP contribution in [0.1, 0.15) is 45.4 Å². The maximum Gasteiger partial charge on any atom is 0.187 e. The number of azide groups is 3. The molecule has 1 aliphatic carbocycles. The summed E-state index contributed by atoms with van der Waals surface area (Å²) in [5.41, 5.74) is 37.2. The fourth-order valence-corrected chi connectivity index (χ4v) is 11.2. The van der Waals surface area contributed by atoms with Crippen LogP contribution < -0.4 is 0 Å². The summed E-state index contributed by atoms with van der Waals surface area (Å²) in [4.78, 5) is 9.96. The smallest absolute Gasteiger partial charge is 0.187 e. The van der Waals surface area contributed by atoms with Crippen molar-refractivity contribution in [1.29, 1.82) is 0 Å². The highest BCUT2D eigenvalue weighted by Crippen LogP contribution is 2.40. The van der Waals surface area contributed by atoms with E-state index in [1.165, 1.54) is 0 Å². The maximum atomic E-state index is 11.4. The second kappa shape index (κ2) is 33.4. The van der Waals surface area contributed by atoms with E-state index in [1.807, 2.05) is 212 Å². The van der Waals surface area contributed by atoms with Crippen molar-refractivity contribution in [3.63, 3.8) is 0 Å². The fourth-order valence-electron chi connectivity index (χ4n) is 11.2. The summed E-state index contributed by atoms with van der Waals surface area (Å²) < 4.78 is 76.1. The second-order valence-electron chi connectivity index (χ2n) is 21.5. The van der Waals surface area contributed by atoms with E-state index in [9.17, 15) is 21.7 Å². The average Bonchev–Trinajstić information content (AvgIpc) is 1.38. The second-order valence-corrected chi connectivity index (χ2v) is 21.5. The molecule has 0 bridgehead atoms. The van der Waals surface area contributed by atoms with Gasteiger partial charge in [-0.15, -0.1) is 0 Å². The number of hydrogen-bond donors (Lipinski definition) is 1. The lowest BCUT2D eigenvalue weighted by Gasteiger charge is -2.51. The zero-order valence-electron chi connectivity index (χ0n) is 48.4. The van der Waals surface area contributed by atoms with E-state index >= 15 is 0 Å². The number of aliphatic hydroxyl groups is 1. The van der Waals surface area contributed by atoms with E-state index in [1.54, 1.807) is 0 Å². The van der Waals surface area contributed by atoms with Crippen LogP contribution in [-0.2, 0) is 98.4 Å². The Labute approximate surface area is 510 Å². The van der Waals surface area contributed by atoms with Crippen molar-refractivity contribution in [1.82, 2.24) is 0 Å². The Balaban J connectivity index is 1.05. The van der Waals surface area contributed by atoms with E-state index in [0.717, 1.165) is 38.9 Å². The zero-order valence-corrected chi connectivity index (χ0v) is 48.4. The molecular weight excluding hydrogens is 1120 g/mol. The van der Waals surface area contributed by atoms with E-state index in [2.05, 4.69) is 30.1 Å². The van der Waals surface area contributed by atoms with Crippen LogP contribution in [0.15, 0.2) is 228 Å². The summed E-state index contributed by atoms with van der Waals surface area (Å²) in [5.74, 6) is 0. The highest BCUT2D eigenvalue weighted by molar-refractivity contribution is 5.20. The van der Waals surface area contributed by atoms with Crippen LogP contribution in [0.4, 0.5) is 0 Å². The monoisotopic (exact) mass is 1190 g/mol. The van der Waals surface area contributed by atoms with E-state index in [0.29, 0.717) is 0 Å². The molecule has 0 spiro atoms. The molecule has 3 aliphatic rings. The predicted octanol–water partition coefficient (Wildman–Crippen LogP) is 12.4. The molecule has 0 amide bonds. The molecule has 1 saturated carbocycles. The van der Waals surface area contributed by atoms with Crippen molar-refractivity contribution in [3.8, 4) is 0 Å². The van der Waals surface area contributed by atoms with Gasteiger partial charge in [-0.1, -0.05) is 228 Å². The van der Waals surface area contributed by atoms with Gasteiger partial charge in [-0.05, 0) is 62.0 Å². The molecule has 10 rings (SSSR count). The summed E-state index contributed by atoms with van der Waals surface area (Å²) in [6, 6.07) is 63.5. The quantitative estimate of drug-likeness (QED) is 0.0250. The van der Waals surface area contributed by atoms with E-state index in [-0.39, 0.29) is 59.3 Å². The van der Waals surface area contributed by atoms with Crippen molar-refractivity contribution in [2.24, 2.45) is 15.3 Å². The molecule has 2 aliphatic heterocycles. The standard InChI is InChI=1S/C67H71N9O12/c68-74-71-53-36-54(72-75-69)59(88-67-65(84-44-52-34-20-7-21-35-52)64(83-43-51-32-18-6-19-33-51)61(55(37-77)85-67)80-40-48-26-12-3-13-27-48)63(82-42-50-30-16-5-17-31-50)58(53)87-66-62(81-41-49-28-14-4-15-29-49)57(73-76-70)60(79-39-47-24-10-2-11-25-47)56(86-66)45-78-38-46-22-8-1-9-23-46/h1-35,53-67,77H,36-45H2/t53-,54+,55-,56-,57+,58+,59-,60-,61-,62-,63-,64+,65-,66-,67-/m1/s1. The Hall–Kier alpha value is -8.01. The molecule has 88 heavy (non-hydrogen) atoms. The SMILES string of the molecule is [N-]=[N+]=N[C@@H]1[C@@H](OCc2ccccc2)[C@@H](O[C@@H]2[C@@H](OCc3ccccc3)[C@H](O[C@H]3O[C@H](CO)[C@@H](OCc4ccccc4)[C@H](OCc4ccccc4)[C@H]3OCc3ccccc3)[C@@H](N=[N+]=[N-])C[C@H]2N=[N+]=[N-])O[C@H](COCc2ccccc2)[C@H]1OCc1ccccc1. The molecule has 7 aromatic carbocycles. The van der Waals surface area contributed by atoms with Crippen LogP contribution >= 0.6 is 0 Å². The van der Waals surface area contributed by atoms with Crippen LogP contribution in [0.3, 0.4) is 0 Å². The average molecular weight is 1190 g/mol. The number of hydrogen-bond acceptors (Lipinski definition) is 15. The highest BCUT2D eigenvalue weighted by atomic mass is 16.7. The fraction of sp³-hybridized carbons (Fsp3) is 0.373. The summed E-state index contributed by atoms with van der Waals surface area (Å²) in [7, 11) is 0. The normalized spacial score (nSPS) is 26.8. The molecule has 2 heterocycles. The number of rotatable bonds is 30. The Morgan fingerprint density at radius 3 is 1.03 bits per heavy atom. The largest absolute Gasteiger partial charge is 0.394 e. The van der Waals surface area contributed by atoms with Crippen LogP contribution in [0.5, 0.6) is 0 Å². The first-order valence-corrected chi connectivity index (χ1v) is 29.4. The lowest BCUT2D eigenvalue weighted by atomic mass is 9.83. The van der Waals surface area contributed by atoms with Crippen LogP contribution in [0.2, 0.25) is 0 Å². The van der Waals surface area contributed by atoms with Crippen molar-refractivity contribution >= 4 is 0 Å². The summed E-state index contributed by atoms with van der Waals surface area (Å²) in [6.07, 6.45) is -14.0. The van der Waals surface area contributed by atoms with Crippen molar-refractivity contribution in [2.45, 2.75) is 144 Å². The first-order valence-electron chi connectivity index (χ1n) is 29.4. The molecule has 7 aromatic rings. The van der Waals surface area contributed by atoms with Crippen molar-refractivity contribution < 1.29 is 57.2 Å². The Morgan fingerprint density at radius 1 is 0.352 bits per heavy atom. The molecular formula is C67H71N9O12. The minimum absolute atomic E-state index is 0.0226. The molecule has 0 radical (unpaired) electrons. The van der Waals surface area contributed by atoms with Crippen LogP contribution in [-0.4, -0.2) is 110 Å². The summed E-state index contributed by atoms with van der Waals surface area (Å²) in [5, 5.41) is 24.4. The first-order chi connectivity index (χ1) is 43.5. The first kappa shape index (κ1) is 63.0. The van der Waals surface area contributed by atoms with Gasteiger partial charge in [0.25, 0.3) is 0 Å². The number of aliphatic hydroxyl groups excluding tert-OH is 1. The van der Waals surface area contributed by atoms with E-state index in [4.69, 9.17) is 52.1 Å². The molecule has 21 heteroatoms. The third-order valence-electron chi connectivity index (χ3n) is 15.5. The highest BCUT2D eigenvalue weighted by Gasteiger charge is 2.56. The topological polar surface area (TPSA) is 268 Å². The van der Waals surface area contributed by atoms with Crippen LogP contribution in [0.25, 0.3) is 31.3 Å². The van der Waals surface area contributed by atoms with Crippen LogP contribution in [0, 0.1) is 0 Å². The molecule has 1 N–H and O–H groups in total. The Kier molecular flexibility index (Phi) is 23.9. The summed E-state index contributed by atoms with van der Waals surface area (Å²) in [6.45, 7) is 0.0541. The van der Waals surface area contributed by atoms with Gasteiger partial charge in [0.05, 0.1) is 95.9 Å².